The Hall–Kier alpha value is 0.440. The molecule has 2 heteroatoms. The average molecular weight is 290 g/mol. The van der Waals surface area contributed by atoms with Gasteiger partial charge in [0.25, 0.3) is 0 Å². The number of halogens is 1. The lowest BCUT2D eigenvalue weighted by atomic mass is 9.87. The van der Waals surface area contributed by atoms with Crippen LogP contribution in [0.3, 0.4) is 0 Å². The number of hydrogen-bond donors (Lipinski definition) is 1. The Labute approximate surface area is 112 Å². The lowest BCUT2D eigenvalue weighted by Gasteiger charge is -2.23. The topological polar surface area (TPSA) is 16.6 Å². The Balaban J connectivity index is 0.00000128. The Kier molecular flexibility index (Phi) is 7.72. The molecule has 2 N–H and O–H groups in total. The maximum atomic E-state index is 2.63. The van der Waals surface area contributed by atoms with Gasteiger partial charge in [0.05, 0.1) is 13.1 Å². The summed E-state index contributed by atoms with van der Waals surface area (Å²) in [5.74, 6) is 2.12. The molecular formula is C14H28BrN. The normalized spacial score (nSPS) is 24.0. The van der Waals surface area contributed by atoms with Crippen LogP contribution in [0, 0.1) is 11.8 Å². The highest BCUT2D eigenvalue weighted by molar-refractivity contribution is 4.65. The van der Waals surface area contributed by atoms with Crippen molar-refractivity contribution in [1.29, 1.82) is 0 Å². The number of rotatable bonds is 4. The molecule has 0 unspecified atom stereocenters. The quantitative estimate of drug-likeness (QED) is 0.733. The first-order valence-electron chi connectivity index (χ1n) is 7.27. The van der Waals surface area contributed by atoms with Gasteiger partial charge in [-0.05, 0) is 25.7 Å². The highest BCUT2D eigenvalue weighted by atomic mass is 79.9. The molecule has 0 aliphatic heterocycles. The molecule has 0 spiro atoms. The van der Waals surface area contributed by atoms with Crippen LogP contribution in [-0.2, 0) is 0 Å². The van der Waals surface area contributed by atoms with Crippen LogP contribution in [0.25, 0.3) is 0 Å². The molecular weight excluding hydrogens is 262 g/mol. The van der Waals surface area contributed by atoms with E-state index in [4.69, 9.17) is 0 Å². The molecule has 96 valence electrons. The maximum absolute atomic E-state index is 2.63. The van der Waals surface area contributed by atoms with Gasteiger partial charge in [-0.3, -0.25) is 0 Å². The highest BCUT2D eigenvalue weighted by Crippen LogP contribution is 2.23. The molecule has 0 heterocycles. The first-order chi connectivity index (χ1) is 7.45. The first kappa shape index (κ1) is 14.5. The second kappa shape index (κ2) is 8.52. The smallest absolute Gasteiger partial charge is 0.0784 e. The molecule has 2 fully saturated rings. The van der Waals surface area contributed by atoms with E-state index in [9.17, 15) is 0 Å². The van der Waals surface area contributed by atoms with E-state index in [0.29, 0.717) is 0 Å². The molecule has 1 nitrogen and oxygen atoms in total. The van der Waals surface area contributed by atoms with Crippen molar-refractivity contribution in [2.75, 3.05) is 13.1 Å². The molecule has 0 aromatic rings. The summed E-state index contributed by atoms with van der Waals surface area (Å²) in [6, 6.07) is 0. The lowest BCUT2D eigenvalue weighted by Crippen LogP contribution is -3.00. The van der Waals surface area contributed by atoms with Gasteiger partial charge in [0.2, 0.25) is 0 Å². The molecule has 2 aliphatic rings. The Morgan fingerprint density at radius 2 is 1.00 bits per heavy atom. The van der Waals surface area contributed by atoms with E-state index in [2.05, 4.69) is 5.32 Å². The van der Waals surface area contributed by atoms with E-state index >= 15 is 0 Å². The third-order valence-electron chi connectivity index (χ3n) is 4.45. The van der Waals surface area contributed by atoms with Crippen LogP contribution < -0.4 is 22.3 Å². The molecule has 0 saturated heterocycles. The van der Waals surface area contributed by atoms with Crippen LogP contribution >= 0.6 is 0 Å². The van der Waals surface area contributed by atoms with Crippen LogP contribution in [0.2, 0.25) is 0 Å². The fourth-order valence-electron chi connectivity index (χ4n) is 3.41. The van der Waals surface area contributed by atoms with Gasteiger partial charge in [0, 0.05) is 11.8 Å². The summed E-state index contributed by atoms with van der Waals surface area (Å²) < 4.78 is 0. The van der Waals surface area contributed by atoms with Crippen LogP contribution in [0.1, 0.15) is 64.2 Å². The van der Waals surface area contributed by atoms with E-state index in [0.717, 1.165) is 11.8 Å². The van der Waals surface area contributed by atoms with Crippen molar-refractivity contribution in [3.63, 3.8) is 0 Å². The summed E-state index contributed by atoms with van der Waals surface area (Å²) in [7, 11) is 0. The number of nitrogens with two attached hydrogens (primary N) is 1. The third-order valence-corrected chi connectivity index (χ3v) is 4.45. The van der Waals surface area contributed by atoms with Crippen molar-refractivity contribution in [3.8, 4) is 0 Å². The SMILES string of the molecule is C1CCC(C[NH2+]CC2CCCCC2)CC1.[Br-]. The van der Waals surface area contributed by atoms with Gasteiger partial charge in [-0.15, -0.1) is 0 Å². The van der Waals surface area contributed by atoms with Crippen LogP contribution in [0.4, 0.5) is 0 Å². The molecule has 0 radical (unpaired) electrons. The second-order valence-electron chi connectivity index (χ2n) is 5.77. The zero-order valence-corrected chi connectivity index (χ0v) is 12.2. The molecule has 0 atom stereocenters. The molecule has 0 bridgehead atoms. The van der Waals surface area contributed by atoms with Crippen molar-refractivity contribution < 1.29 is 22.3 Å². The van der Waals surface area contributed by atoms with Crippen molar-refractivity contribution in [2.45, 2.75) is 64.2 Å². The first-order valence-corrected chi connectivity index (χ1v) is 7.27. The van der Waals surface area contributed by atoms with Gasteiger partial charge >= 0.3 is 0 Å². The molecule has 2 rings (SSSR count). The van der Waals surface area contributed by atoms with Gasteiger partial charge in [-0.25, -0.2) is 0 Å². The van der Waals surface area contributed by atoms with E-state index in [-0.39, 0.29) is 17.0 Å². The third kappa shape index (κ3) is 5.18. The monoisotopic (exact) mass is 289 g/mol. The Morgan fingerprint density at radius 3 is 1.38 bits per heavy atom. The fraction of sp³-hybridized carbons (Fsp3) is 1.00. The highest BCUT2D eigenvalue weighted by Gasteiger charge is 2.18. The summed E-state index contributed by atoms with van der Waals surface area (Å²) in [5.41, 5.74) is 0. The largest absolute Gasteiger partial charge is 1.00 e. The minimum Gasteiger partial charge on any atom is -1.00 e. The Bertz CT molecular complexity index is 142. The maximum Gasteiger partial charge on any atom is 0.0784 e. The summed E-state index contributed by atoms with van der Waals surface area (Å²) in [6.45, 7) is 2.85. The van der Waals surface area contributed by atoms with Crippen molar-refractivity contribution >= 4 is 0 Å². The summed E-state index contributed by atoms with van der Waals surface area (Å²) in [6.07, 6.45) is 15.1. The molecule has 2 saturated carbocycles. The van der Waals surface area contributed by atoms with E-state index in [1.165, 1.54) is 77.3 Å². The molecule has 16 heavy (non-hydrogen) atoms. The van der Waals surface area contributed by atoms with Gasteiger partial charge in [-0.1, -0.05) is 38.5 Å². The molecule has 0 amide bonds. The second-order valence-corrected chi connectivity index (χ2v) is 5.77. The van der Waals surface area contributed by atoms with E-state index < -0.39 is 0 Å². The lowest BCUT2D eigenvalue weighted by molar-refractivity contribution is -0.666. The van der Waals surface area contributed by atoms with Crippen LogP contribution in [-0.4, -0.2) is 13.1 Å². The van der Waals surface area contributed by atoms with E-state index in [1.807, 2.05) is 0 Å². The minimum absolute atomic E-state index is 0. The minimum atomic E-state index is 0. The van der Waals surface area contributed by atoms with Gasteiger partial charge in [-0.2, -0.15) is 0 Å². The zero-order valence-electron chi connectivity index (χ0n) is 10.6. The molecule has 2 aliphatic carbocycles. The molecule has 0 aromatic carbocycles. The van der Waals surface area contributed by atoms with Crippen molar-refractivity contribution in [3.05, 3.63) is 0 Å². The van der Waals surface area contributed by atoms with Crippen molar-refractivity contribution in [1.82, 2.24) is 0 Å². The van der Waals surface area contributed by atoms with Crippen LogP contribution in [0.5, 0.6) is 0 Å². The van der Waals surface area contributed by atoms with Gasteiger partial charge in [0.15, 0.2) is 0 Å². The van der Waals surface area contributed by atoms with Gasteiger partial charge < -0.3 is 22.3 Å². The van der Waals surface area contributed by atoms with Crippen LogP contribution in [0.15, 0.2) is 0 Å². The Morgan fingerprint density at radius 1 is 0.625 bits per heavy atom. The summed E-state index contributed by atoms with van der Waals surface area (Å²) >= 11 is 0. The zero-order chi connectivity index (χ0) is 10.3. The standard InChI is InChI=1S/C14H27N.BrH/c1-3-7-13(8-4-1)11-15-12-14-9-5-2-6-10-14;/h13-15H,1-12H2;1H. The molecule has 0 aromatic heterocycles. The fourth-order valence-corrected chi connectivity index (χ4v) is 3.41. The number of quaternary nitrogens is 1. The average Bonchev–Trinajstić information content (AvgIpc) is 2.32. The summed E-state index contributed by atoms with van der Waals surface area (Å²) in [5, 5.41) is 2.63. The predicted molar refractivity (Wildman–Crippen MR) is 64.8 cm³/mol. The van der Waals surface area contributed by atoms with Gasteiger partial charge in [0.1, 0.15) is 0 Å². The number of hydrogen-bond acceptors (Lipinski definition) is 0. The predicted octanol–water partition coefficient (Wildman–Crippen LogP) is -0.286. The van der Waals surface area contributed by atoms with Crippen molar-refractivity contribution in [2.24, 2.45) is 11.8 Å². The summed E-state index contributed by atoms with van der Waals surface area (Å²) in [4.78, 5) is 0. The van der Waals surface area contributed by atoms with E-state index in [1.54, 1.807) is 0 Å².